The second-order valence-corrected chi connectivity index (χ2v) is 13.1. The van der Waals surface area contributed by atoms with Gasteiger partial charge in [0.2, 0.25) is 0 Å². The molecule has 1 saturated carbocycles. The lowest BCUT2D eigenvalue weighted by atomic mass is 9.86. The van der Waals surface area contributed by atoms with Gasteiger partial charge in [0.05, 0.1) is 24.6 Å². The molecule has 216 valence electrons. The number of amides is 2. The fourth-order valence-corrected chi connectivity index (χ4v) is 6.63. The predicted molar refractivity (Wildman–Crippen MR) is 159 cm³/mol. The van der Waals surface area contributed by atoms with Crippen LogP contribution in [0.25, 0.3) is 0 Å². The van der Waals surface area contributed by atoms with E-state index in [9.17, 15) is 9.59 Å². The number of likely N-dealkylation sites (tertiary alicyclic amines) is 1. The zero-order valence-corrected chi connectivity index (χ0v) is 24.5. The third-order valence-electron chi connectivity index (χ3n) is 8.55. The first-order valence-corrected chi connectivity index (χ1v) is 15.1. The average Bonchev–Trinajstić information content (AvgIpc) is 3.31. The van der Waals surface area contributed by atoms with Gasteiger partial charge >= 0.3 is 6.09 Å². The molecule has 0 bridgehead atoms. The SMILES string of the molecule is CC(C)(C)c1ccc(C(=O)N2CC3C(C2)C3CN(C(=O)Oc2cccs2)c2ccc(N3CCOCC3)c(F)c2)cc1. The van der Waals surface area contributed by atoms with Crippen molar-refractivity contribution in [2.45, 2.75) is 26.2 Å². The second-order valence-electron chi connectivity index (χ2n) is 12.2. The van der Waals surface area contributed by atoms with Gasteiger partial charge in [-0.3, -0.25) is 9.69 Å². The number of carbonyl (C=O) groups excluding carboxylic acids is 2. The summed E-state index contributed by atoms with van der Waals surface area (Å²) in [5, 5.41) is 2.34. The Hall–Kier alpha value is -3.43. The van der Waals surface area contributed by atoms with E-state index in [1.165, 1.54) is 23.0 Å². The number of anilines is 2. The highest BCUT2D eigenvalue weighted by molar-refractivity contribution is 7.11. The summed E-state index contributed by atoms with van der Waals surface area (Å²) < 4.78 is 26.4. The van der Waals surface area contributed by atoms with Gasteiger partial charge in [0.15, 0.2) is 5.06 Å². The zero-order chi connectivity index (χ0) is 28.7. The molecule has 2 atom stereocenters. The summed E-state index contributed by atoms with van der Waals surface area (Å²) in [6, 6.07) is 16.4. The first-order valence-electron chi connectivity index (χ1n) is 14.2. The number of rotatable bonds is 6. The van der Waals surface area contributed by atoms with Gasteiger partial charge in [-0.05, 0) is 76.6 Å². The topological polar surface area (TPSA) is 62.3 Å². The molecular weight excluding hydrogens is 541 g/mol. The maximum Gasteiger partial charge on any atom is 0.420 e. The van der Waals surface area contributed by atoms with Crippen molar-refractivity contribution in [3.05, 3.63) is 76.9 Å². The lowest BCUT2D eigenvalue weighted by molar-refractivity contribution is 0.0768. The second kappa shape index (κ2) is 11.1. The Labute approximate surface area is 244 Å². The van der Waals surface area contributed by atoms with Gasteiger partial charge in [0.25, 0.3) is 5.91 Å². The first kappa shape index (κ1) is 27.7. The lowest BCUT2D eigenvalue weighted by Gasteiger charge is -2.30. The number of hydrogen-bond donors (Lipinski definition) is 0. The van der Waals surface area contributed by atoms with Crippen molar-refractivity contribution in [3.63, 3.8) is 0 Å². The molecule has 7 nitrogen and oxygen atoms in total. The van der Waals surface area contributed by atoms with Crippen LogP contribution in [0.1, 0.15) is 36.7 Å². The number of hydrogen-bond acceptors (Lipinski definition) is 6. The van der Waals surface area contributed by atoms with Gasteiger partial charge in [-0.2, -0.15) is 0 Å². The number of halogens is 1. The summed E-state index contributed by atoms with van der Waals surface area (Å²) in [5.41, 5.74) is 2.91. The number of thiophene rings is 1. The van der Waals surface area contributed by atoms with Gasteiger partial charge in [-0.25, -0.2) is 9.18 Å². The van der Waals surface area contributed by atoms with Gasteiger partial charge in [-0.15, -0.1) is 11.3 Å². The van der Waals surface area contributed by atoms with Crippen LogP contribution in [-0.4, -0.2) is 62.8 Å². The summed E-state index contributed by atoms with van der Waals surface area (Å²) in [6.07, 6.45) is -0.525. The number of piperidine rings is 1. The summed E-state index contributed by atoms with van der Waals surface area (Å²) >= 11 is 1.34. The molecule has 2 aromatic carbocycles. The van der Waals surface area contributed by atoms with Crippen molar-refractivity contribution in [1.29, 1.82) is 0 Å². The van der Waals surface area contributed by atoms with E-state index in [2.05, 4.69) is 20.8 Å². The van der Waals surface area contributed by atoms with Crippen LogP contribution in [0, 0.1) is 23.6 Å². The smallest absolute Gasteiger partial charge is 0.399 e. The van der Waals surface area contributed by atoms with Crippen molar-refractivity contribution in [2.75, 3.05) is 55.7 Å². The molecule has 9 heteroatoms. The number of ether oxygens (including phenoxy) is 2. The van der Waals surface area contributed by atoms with Crippen molar-refractivity contribution in [2.24, 2.45) is 17.8 Å². The molecular formula is C32H36FN3O4S. The molecule has 1 aromatic heterocycles. The average molecular weight is 578 g/mol. The Morgan fingerprint density at radius 1 is 1.05 bits per heavy atom. The van der Waals surface area contributed by atoms with E-state index in [4.69, 9.17) is 9.47 Å². The highest BCUT2D eigenvalue weighted by atomic mass is 32.1. The molecule has 3 aromatic rings. The predicted octanol–water partition coefficient (Wildman–Crippen LogP) is 6.04. The minimum atomic E-state index is -0.525. The number of benzene rings is 2. The summed E-state index contributed by atoms with van der Waals surface area (Å²) in [5.74, 6) is 0.513. The van der Waals surface area contributed by atoms with E-state index in [1.807, 2.05) is 45.5 Å². The Balaban J connectivity index is 1.14. The van der Waals surface area contributed by atoms with E-state index in [-0.39, 0.29) is 23.1 Å². The van der Waals surface area contributed by atoms with Crippen LogP contribution >= 0.6 is 11.3 Å². The Morgan fingerprint density at radius 2 is 1.76 bits per heavy atom. The first-order chi connectivity index (χ1) is 19.7. The molecule has 0 spiro atoms. The van der Waals surface area contributed by atoms with Crippen molar-refractivity contribution in [1.82, 2.24) is 4.90 Å². The molecule has 3 heterocycles. The van der Waals surface area contributed by atoms with E-state index in [1.54, 1.807) is 23.1 Å². The van der Waals surface area contributed by atoms with Crippen LogP contribution in [0.4, 0.5) is 20.6 Å². The fraction of sp³-hybridized carbons (Fsp3) is 0.438. The number of fused-ring (bicyclic) bond motifs is 1. The Morgan fingerprint density at radius 3 is 2.37 bits per heavy atom. The molecule has 2 amide bonds. The fourth-order valence-electron chi connectivity index (χ4n) is 6.06. The Bertz CT molecular complexity index is 1390. The maximum atomic E-state index is 15.3. The largest absolute Gasteiger partial charge is 0.420 e. The third kappa shape index (κ3) is 5.83. The van der Waals surface area contributed by atoms with Gasteiger partial charge < -0.3 is 19.3 Å². The molecule has 3 fully saturated rings. The van der Waals surface area contributed by atoms with Crippen LogP contribution in [0.2, 0.25) is 0 Å². The molecule has 3 aliphatic rings. The van der Waals surface area contributed by atoms with Crippen LogP contribution in [0.5, 0.6) is 5.06 Å². The van der Waals surface area contributed by atoms with Gasteiger partial charge in [0, 0.05) is 38.3 Å². The molecule has 2 unspecified atom stereocenters. The normalized spacial score (nSPS) is 21.9. The molecule has 1 aliphatic carbocycles. The summed E-state index contributed by atoms with van der Waals surface area (Å²) in [7, 11) is 0. The highest BCUT2D eigenvalue weighted by Crippen LogP contribution is 2.52. The molecule has 0 N–H and O–H groups in total. The summed E-state index contributed by atoms with van der Waals surface area (Å²) in [6.45, 7) is 10.6. The number of nitrogens with zero attached hydrogens (tertiary/aromatic N) is 3. The minimum Gasteiger partial charge on any atom is -0.399 e. The van der Waals surface area contributed by atoms with Crippen molar-refractivity contribution in [3.8, 4) is 5.06 Å². The van der Waals surface area contributed by atoms with Gasteiger partial charge in [0.1, 0.15) is 5.82 Å². The quantitative estimate of drug-likeness (QED) is 0.357. The number of morpholine rings is 1. The van der Waals surface area contributed by atoms with Crippen molar-refractivity contribution < 1.29 is 23.5 Å². The Kier molecular flexibility index (Phi) is 7.50. The van der Waals surface area contributed by atoms with Crippen LogP contribution < -0.4 is 14.5 Å². The van der Waals surface area contributed by atoms with E-state index >= 15 is 4.39 Å². The minimum absolute atomic E-state index is 0.0341. The van der Waals surface area contributed by atoms with Crippen LogP contribution in [0.15, 0.2) is 60.0 Å². The molecule has 6 rings (SSSR count). The molecule has 2 saturated heterocycles. The van der Waals surface area contributed by atoms with Crippen LogP contribution in [-0.2, 0) is 10.2 Å². The zero-order valence-electron chi connectivity index (χ0n) is 23.7. The summed E-state index contributed by atoms with van der Waals surface area (Å²) in [4.78, 5) is 32.0. The molecule has 2 aliphatic heterocycles. The lowest BCUT2D eigenvalue weighted by Crippen LogP contribution is -2.39. The monoisotopic (exact) mass is 577 g/mol. The third-order valence-corrected chi connectivity index (χ3v) is 9.29. The standard InChI is InChI=1S/C32H36FN3O4S/c1-32(2,3)22-8-6-21(7-9-22)30(37)35-18-24-25(19-35)26(24)20-36(31(38)40-29-5-4-16-41-29)23-10-11-28(27(33)17-23)34-12-14-39-15-13-34/h4-11,16-17,24-26H,12-15,18-20H2,1-3H3. The number of carbonyl (C=O) groups is 2. The van der Waals surface area contributed by atoms with E-state index in [0.29, 0.717) is 79.8 Å². The van der Waals surface area contributed by atoms with Crippen LogP contribution in [0.3, 0.4) is 0 Å². The van der Waals surface area contributed by atoms with E-state index in [0.717, 1.165) is 0 Å². The highest BCUT2D eigenvalue weighted by Gasteiger charge is 2.57. The van der Waals surface area contributed by atoms with Gasteiger partial charge in [-0.1, -0.05) is 32.9 Å². The maximum absolute atomic E-state index is 15.3. The van der Waals surface area contributed by atoms with Crippen molar-refractivity contribution >= 4 is 34.7 Å². The van der Waals surface area contributed by atoms with E-state index < -0.39 is 6.09 Å². The molecule has 0 radical (unpaired) electrons. The molecule has 41 heavy (non-hydrogen) atoms.